The Morgan fingerprint density at radius 1 is 1.04 bits per heavy atom. The van der Waals surface area contributed by atoms with Gasteiger partial charge in [-0.2, -0.15) is 4.68 Å². The summed E-state index contributed by atoms with van der Waals surface area (Å²) >= 11 is 5.72. The molecule has 1 aliphatic rings. The van der Waals surface area contributed by atoms with E-state index in [1.165, 1.54) is 17.0 Å². The molecular weight excluding hydrogens is 351 g/mol. The van der Waals surface area contributed by atoms with Crippen LogP contribution in [0.4, 0.5) is 4.39 Å². The lowest BCUT2D eigenvalue weighted by Gasteiger charge is -2.23. The zero-order valence-electron chi connectivity index (χ0n) is 14.3. The molecule has 0 spiro atoms. The van der Waals surface area contributed by atoms with E-state index >= 15 is 0 Å². The molecule has 0 aliphatic carbocycles. The Bertz CT molecular complexity index is 930. The van der Waals surface area contributed by atoms with Gasteiger partial charge in [-0.1, -0.05) is 30.3 Å². The molecule has 1 N–H and O–H groups in total. The number of aromatic nitrogens is 3. The molecule has 0 unspecified atom stereocenters. The first-order chi connectivity index (χ1) is 12.7. The van der Waals surface area contributed by atoms with Crippen LogP contribution in [-0.4, -0.2) is 40.7 Å². The Morgan fingerprint density at radius 2 is 1.73 bits per heavy atom. The standard InChI is InChI=1S/C19H19FN4OS/c20-16-6-8-17(9-7-16)24-18(15-4-2-1-3-5-15)21-23(19(24)26)14-22-10-12-25-13-11-22/h1-9H,10-14H2/p+1. The van der Waals surface area contributed by atoms with Crippen molar-refractivity contribution in [3.63, 3.8) is 0 Å². The Kier molecular flexibility index (Phi) is 4.92. The van der Waals surface area contributed by atoms with Crippen LogP contribution >= 0.6 is 12.2 Å². The summed E-state index contributed by atoms with van der Waals surface area (Å²) < 4.78 is 23.2. The molecule has 7 heteroatoms. The predicted octanol–water partition coefficient (Wildman–Crippen LogP) is 2.08. The number of nitrogens with one attached hydrogen (secondary N) is 1. The molecular formula is C19H20FN4OS+. The van der Waals surface area contributed by atoms with Crippen LogP contribution in [0.15, 0.2) is 54.6 Å². The van der Waals surface area contributed by atoms with E-state index in [1.54, 1.807) is 12.1 Å². The van der Waals surface area contributed by atoms with Crippen molar-refractivity contribution in [1.29, 1.82) is 0 Å². The number of nitrogens with zero attached hydrogens (tertiary/aromatic N) is 3. The van der Waals surface area contributed by atoms with Crippen LogP contribution < -0.4 is 4.90 Å². The summed E-state index contributed by atoms with van der Waals surface area (Å²) in [4.78, 5) is 1.38. The van der Waals surface area contributed by atoms with Gasteiger partial charge in [-0.15, -0.1) is 5.10 Å². The molecule has 3 aromatic rings. The summed E-state index contributed by atoms with van der Waals surface area (Å²) in [6.07, 6.45) is 0. The minimum atomic E-state index is -0.272. The molecule has 1 fully saturated rings. The summed E-state index contributed by atoms with van der Waals surface area (Å²) in [5.74, 6) is 0.488. The lowest BCUT2D eigenvalue weighted by Crippen LogP contribution is -3.13. The number of morpholine rings is 1. The number of hydrogen-bond acceptors (Lipinski definition) is 3. The van der Waals surface area contributed by atoms with Gasteiger partial charge in [-0.05, 0) is 36.5 Å². The minimum absolute atomic E-state index is 0.272. The fraction of sp³-hybridized carbons (Fsp3) is 0.263. The highest BCUT2D eigenvalue weighted by Gasteiger charge is 2.19. The molecule has 0 bridgehead atoms. The van der Waals surface area contributed by atoms with Crippen molar-refractivity contribution in [2.45, 2.75) is 6.67 Å². The Labute approximate surface area is 156 Å². The van der Waals surface area contributed by atoms with Crippen LogP contribution in [0.1, 0.15) is 0 Å². The van der Waals surface area contributed by atoms with Crippen molar-refractivity contribution in [3.05, 3.63) is 65.2 Å². The maximum Gasteiger partial charge on any atom is 0.207 e. The first kappa shape index (κ1) is 17.1. The second-order valence-electron chi connectivity index (χ2n) is 6.30. The maximum atomic E-state index is 13.4. The Balaban J connectivity index is 1.79. The van der Waals surface area contributed by atoms with E-state index in [0.29, 0.717) is 11.4 Å². The van der Waals surface area contributed by atoms with Crippen LogP contribution in [-0.2, 0) is 11.4 Å². The van der Waals surface area contributed by atoms with E-state index in [0.717, 1.165) is 43.4 Å². The topological polar surface area (TPSA) is 36.4 Å². The summed E-state index contributed by atoms with van der Waals surface area (Å²) in [5, 5.41) is 4.79. The second kappa shape index (κ2) is 7.49. The number of hydrogen-bond donors (Lipinski definition) is 1. The van der Waals surface area contributed by atoms with Crippen molar-refractivity contribution in [1.82, 2.24) is 14.3 Å². The average Bonchev–Trinajstić information content (AvgIpc) is 3.00. The van der Waals surface area contributed by atoms with Crippen molar-refractivity contribution in [3.8, 4) is 17.1 Å². The highest BCUT2D eigenvalue weighted by atomic mass is 32.1. The smallest absolute Gasteiger partial charge is 0.207 e. The van der Waals surface area contributed by atoms with Gasteiger partial charge in [-0.25, -0.2) is 4.39 Å². The number of rotatable bonds is 4. The van der Waals surface area contributed by atoms with Crippen molar-refractivity contribution in [2.24, 2.45) is 0 Å². The zero-order valence-corrected chi connectivity index (χ0v) is 15.1. The first-order valence-electron chi connectivity index (χ1n) is 8.65. The highest BCUT2D eigenvalue weighted by Crippen LogP contribution is 2.22. The largest absolute Gasteiger partial charge is 0.370 e. The normalized spacial score (nSPS) is 15.3. The Hall–Kier alpha value is -2.35. The number of benzene rings is 2. The number of halogens is 1. The van der Waals surface area contributed by atoms with Crippen molar-refractivity contribution >= 4 is 12.2 Å². The average molecular weight is 371 g/mol. The van der Waals surface area contributed by atoms with Gasteiger partial charge in [0.25, 0.3) is 0 Å². The fourth-order valence-corrected chi connectivity index (χ4v) is 3.44. The third-order valence-corrected chi connectivity index (χ3v) is 4.92. The van der Waals surface area contributed by atoms with E-state index in [1.807, 2.05) is 39.6 Å². The van der Waals surface area contributed by atoms with Crippen LogP contribution in [0.2, 0.25) is 0 Å². The van der Waals surface area contributed by atoms with Crippen LogP contribution in [0.5, 0.6) is 0 Å². The first-order valence-corrected chi connectivity index (χ1v) is 9.06. The third kappa shape index (κ3) is 3.46. The van der Waals surface area contributed by atoms with Crippen LogP contribution in [0.3, 0.4) is 0 Å². The van der Waals surface area contributed by atoms with E-state index in [9.17, 15) is 4.39 Å². The van der Waals surface area contributed by atoms with Gasteiger partial charge < -0.3 is 9.64 Å². The van der Waals surface area contributed by atoms with Gasteiger partial charge >= 0.3 is 0 Å². The van der Waals surface area contributed by atoms with E-state index in [-0.39, 0.29) is 5.82 Å². The summed E-state index contributed by atoms with van der Waals surface area (Å²) in [5.41, 5.74) is 1.78. The fourth-order valence-electron chi connectivity index (χ4n) is 3.14. The molecule has 0 saturated carbocycles. The lowest BCUT2D eigenvalue weighted by atomic mass is 10.2. The van der Waals surface area contributed by atoms with Gasteiger partial charge in [-0.3, -0.25) is 4.57 Å². The van der Waals surface area contributed by atoms with Crippen molar-refractivity contribution < 1.29 is 14.0 Å². The summed E-state index contributed by atoms with van der Waals surface area (Å²) in [7, 11) is 0. The molecule has 0 atom stereocenters. The summed E-state index contributed by atoms with van der Waals surface area (Å²) in [6.45, 7) is 4.08. The van der Waals surface area contributed by atoms with E-state index < -0.39 is 0 Å². The minimum Gasteiger partial charge on any atom is -0.370 e. The SMILES string of the molecule is Fc1ccc(-n2c(-c3ccccc3)nn(C[NH+]3CCOCC3)c2=S)cc1. The van der Waals surface area contributed by atoms with Gasteiger partial charge in [0.05, 0.1) is 18.9 Å². The molecule has 26 heavy (non-hydrogen) atoms. The molecule has 2 heterocycles. The quantitative estimate of drug-likeness (QED) is 0.714. The van der Waals surface area contributed by atoms with E-state index in [4.69, 9.17) is 22.1 Å². The Morgan fingerprint density at radius 3 is 2.42 bits per heavy atom. The van der Waals surface area contributed by atoms with Crippen molar-refractivity contribution in [2.75, 3.05) is 26.3 Å². The molecule has 1 saturated heterocycles. The van der Waals surface area contributed by atoms with Crippen LogP contribution in [0, 0.1) is 10.6 Å². The predicted molar refractivity (Wildman–Crippen MR) is 99.3 cm³/mol. The lowest BCUT2D eigenvalue weighted by molar-refractivity contribution is -0.930. The summed E-state index contributed by atoms with van der Waals surface area (Å²) in [6, 6.07) is 16.3. The molecule has 1 aliphatic heterocycles. The molecule has 4 rings (SSSR count). The molecule has 0 radical (unpaired) electrons. The van der Waals surface area contributed by atoms with Gasteiger partial charge in [0.2, 0.25) is 4.77 Å². The maximum absolute atomic E-state index is 13.4. The molecule has 1 aromatic heterocycles. The second-order valence-corrected chi connectivity index (χ2v) is 6.67. The number of ether oxygens (including phenoxy) is 1. The van der Waals surface area contributed by atoms with Gasteiger partial charge in [0.1, 0.15) is 18.9 Å². The number of quaternary nitrogens is 1. The molecule has 134 valence electrons. The monoisotopic (exact) mass is 371 g/mol. The highest BCUT2D eigenvalue weighted by molar-refractivity contribution is 7.71. The zero-order chi connectivity index (χ0) is 17.9. The molecule has 0 amide bonds. The van der Waals surface area contributed by atoms with Crippen LogP contribution in [0.25, 0.3) is 17.1 Å². The van der Waals surface area contributed by atoms with E-state index in [2.05, 4.69) is 0 Å². The molecule has 5 nitrogen and oxygen atoms in total. The molecule has 2 aromatic carbocycles. The van der Waals surface area contributed by atoms with Gasteiger partial charge in [0, 0.05) is 5.56 Å². The van der Waals surface area contributed by atoms with Gasteiger partial charge in [0.15, 0.2) is 12.5 Å². The third-order valence-electron chi connectivity index (χ3n) is 4.53.